The Morgan fingerprint density at radius 1 is 1.32 bits per heavy atom. The molecule has 0 radical (unpaired) electrons. The first-order valence-corrected chi connectivity index (χ1v) is 9.73. The molecule has 7 heteroatoms. The van der Waals surface area contributed by atoms with Crippen LogP contribution in [0.1, 0.15) is 31.7 Å². The van der Waals surface area contributed by atoms with E-state index in [1.165, 1.54) is 11.8 Å². The lowest BCUT2D eigenvalue weighted by Gasteiger charge is -2.13. The van der Waals surface area contributed by atoms with Gasteiger partial charge in [-0.25, -0.2) is 4.98 Å². The molecule has 1 aliphatic carbocycles. The van der Waals surface area contributed by atoms with Crippen molar-refractivity contribution in [3.05, 3.63) is 34.6 Å². The van der Waals surface area contributed by atoms with Crippen LogP contribution in [0.2, 0.25) is 0 Å². The van der Waals surface area contributed by atoms with Crippen LogP contribution in [0.4, 0.5) is 0 Å². The van der Waals surface area contributed by atoms with E-state index >= 15 is 0 Å². The molecule has 1 atom stereocenters. The van der Waals surface area contributed by atoms with Crippen LogP contribution in [0.5, 0.6) is 0 Å². The Kier molecular flexibility index (Phi) is 4.76. The van der Waals surface area contributed by atoms with E-state index in [1.54, 1.807) is 4.57 Å². The summed E-state index contributed by atoms with van der Waals surface area (Å²) < 4.78 is 7.27. The Balaban J connectivity index is 1.47. The number of carbonyl (C=O) groups is 1. The van der Waals surface area contributed by atoms with Crippen molar-refractivity contribution in [3.8, 4) is 0 Å². The number of amides is 1. The summed E-state index contributed by atoms with van der Waals surface area (Å²) in [6.45, 7) is 1.34. The number of aromatic nitrogens is 2. The van der Waals surface area contributed by atoms with Gasteiger partial charge in [0.25, 0.3) is 5.56 Å². The highest BCUT2D eigenvalue weighted by Gasteiger charge is 2.28. The van der Waals surface area contributed by atoms with Crippen molar-refractivity contribution in [2.24, 2.45) is 0 Å². The molecule has 2 fully saturated rings. The average molecular weight is 359 g/mol. The molecule has 0 bridgehead atoms. The van der Waals surface area contributed by atoms with E-state index in [0.29, 0.717) is 22.6 Å². The zero-order chi connectivity index (χ0) is 17.2. The van der Waals surface area contributed by atoms with Gasteiger partial charge in [-0.3, -0.25) is 14.2 Å². The lowest BCUT2D eigenvalue weighted by molar-refractivity contribution is -0.119. The van der Waals surface area contributed by atoms with Crippen LogP contribution >= 0.6 is 11.8 Å². The molecule has 0 spiro atoms. The third kappa shape index (κ3) is 3.72. The van der Waals surface area contributed by atoms with E-state index in [0.717, 1.165) is 32.3 Å². The maximum absolute atomic E-state index is 12.8. The predicted octanol–water partition coefficient (Wildman–Crippen LogP) is 2.12. The maximum atomic E-state index is 12.8. The van der Waals surface area contributed by atoms with Crippen molar-refractivity contribution >= 4 is 28.6 Å². The Hall–Kier alpha value is -1.86. The molecule has 2 aliphatic rings. The van der Waals surface area contributed by atoms with Crippen molar-refractivity contribution in [2.75, 3.05) is 18.9 Å². The van der Waals surface area contributed by atoms with Crippen LogP contribution in [-0.2, 0) is 9.53 Å². The van der Waals surface area contributed by atoms with E-state index < -0.39 is 0 Å². The van der Waals surface area contributed by atoms with Crippen molar-refractivity contribution in [1.29, 1.82) is 0 Å². The second-order valence-corrected chi connectivity index (χ2v) is 7.49. The van der Waals surface area contributed by atoms with Crippen molar-refractivity contribution < 1.29 is 9.53 Å². The van der Waals surface area contributed by atoms with Crippen molar-refractivity contribution in [3.63, 3.8) is 0 Å². The van der Waals surface area contributed by atoms with Gasteiger partial charge in [0.1, 0.15) is 0 Å². The quantitative estimate of drug-likeness (QED) is 0.632. The van der Waals surface area contributed by atoms with E-state index in [9.17, 15) is 9.59 Å². The van der Waals surface area contributed by atoms with Crippen LogP contribution in [0, 0.1) is 0 Å². The molecular formula is C18H21N3O3S. The highest BCUT2D eigenvalue weighted by Crippen LogP contribution is 2.36. The van der Waals surface area contributed by atoms with Crippen molar-refractivity contribution in [1.82, 2.24) is 14.9 Å². The van der Waals surface area contributed by atoms with E-state index in [1.807, 2.05) is 24.3 Å². The first-order chi connectivity index (χ1) is 12.2. The predicted molar refractivity (Wildman–Crippen MR) is 97.0 cm³/mol. The number of para-hydroxylation sites is 1. The molecule has 6 nitrogen and oxygen atoms in total. The molecule has 2 aromatic rings. The van der Waals surface area contributed by atoms with Crippen LogP contribution in [-0.4, -0.2) is 40.5 Å². The van der Waals surface area contributed by atoms with E-state index in [2.05, 4.69) is 10.3 Å². The van der Waals surface area contributed by atoms with Gasteiger partial charge < -0.3 is 10.1 Å². The Morgan fingerprint density at radius 2 is 2.16 bits per heavy atom. The first-order valence-electron chi connectivity index (χ1n) is 8.75. The molecule has 1 saturated carbocycles. The molecule has 1 aromatic heterocycles. The van der Waals surface area contributed by atoms with Gasteiger partial charge in [0.15, 0.2) is 5.16 Å². The van der Waals surface area contributed by atoms with Crippen LogP contribution < -0.4 is 10.9 Å². The molecule has 4 rings (SSSR count). The number of hydrogen-bond acceptors (Lipinski definition) is 5. The molecule has 1 amide bonds. The Labute approximate surface area is 150 Å². The second-order valence-electron chi connectivity index (χ2n) is 6.55. The third-order valence-corrected chi connectivity index (χ3v) is 5.52. The van der Waals surface area contributed by atoms with Crippen LogP contribution in [0.3, 0.4) is 0 Å². The minimum atomic E-state index is -0.0507. The minimum absolute atomic E-state index is 0.00429. The summed E-state index contributed by atoms with van der Waals surface area (Å²) in [6, 6.07) is 7.61. The molecule has 25 heavy (non-hydrogen) atoms. The lowest BCUT2D eigenvalue weighted by Crippen LogP contribution is -2.33. The maximum Gasteiger partial charge on any atom is 0.262 e. The van der Waals surface area contributed by atoms with Gasteiger partial charge in [0.2, 0.25) is 5.91 Å². The number of nitrogens with zero attached hydrogens (tertiary/aromatic N) is 2. The normalized spacial score (nSPS) is 20.1. The summed E-state index contributed by atoms with van der Waals surface area (Å²) in [5.41, 5.74) is 0.682. The highest BCUT2D eigenvalue weighted by molar-refractivity contribution is 7.99. The summed E-state index contributed by atoms with van der Waals surface area (Å²) in [7, 11) is 0. The van der Waals surface area contributed by atoms with Crippen molar-refractivity contribution in [2.45, 2.75) is 43.0 Å². The van der Waals surface area contributed by atoms with Gasteiger partial charge in [-0.1, -0.05) is 23.9 Å². The van der Waals surface area contributed by atoms with Crippen LogP contribution in [0.25, 0.3) is 10.9 Å². The summed E-state index contributed by atoms with van der Waals surface area (Å²) >= 11 is 1.33. The zero-order valence-corrected chi connectivity index (χ0v) is 14.8. The topological polar surface area (TPSA) is 73.2 Å². The lowest BCUT2D eigenvalue weighted by atomic mass is 10.2. The molecule has 132 valence electrons. The van der Waals surface area contributed by atoms with Crippen LogP contribution in [0.15, 0.2) is 34.2 Å². The van der Waals surface area contributed by atoms with Gasteiger partial charge >= 0.3 is 0 Å². The molecule has 2 heterocycles. The smallest absolute Gasteiger partial charge is 0.262 e. The molecular weight excluding hydrogens is 338 g/mol. The summed E-state index contributed by atoms with van der Waals surface area (Å²) in [5.74, 6) is 0.203. The second kappa shape index (κ2) is 7.17. The first kappa shape index (κ1) is 16.6. The molecule has 1 N–H and O–H groups in total. The van der Waals surface area contributed by atoms with Gasteiger partial charge in [-0.05, 0) is 37.8 Å². The number of nitrogens with one attached hydrogen (secondary N) is 1. The molecule has 1 unspecified atom stereocenters. The summed E-state index contributed by atoms with van der Waals surface area (Å²) in [4.78, 5) is 29.5. The molecule has 1 aliphatic heterocycles. The van der Waals surface area contributed by atoms with E-state index in [-0.39, 0.29) is 29.4 Å². The number of fused-ring (bicyclic) bond motifs is 1. The fourth-order valence-corrected chi connectivity index (χ4v) is 3.99. The number of ether oxygens (including phenoxy) is 1. The number of rotatable bonds is 6. The Morgan fingerprint density at radius 3 is 2.92 bits per heavy atom. The summed E-state index contributed by atoms with van der Waals surface area (Å²) in [6.07, 6.45) is 4.19. The number of thioether (sulfide) groups is 1. The van der Waals surface area contributed by atoms with Gasteiger partial charge in [0, 0.05) is 19.2 Å². The van der Waals surface area contributed by atoms with Gasteiger partial charge in [-0.2, -0.15) is 0 Å². The average Bonchev–Trinajstić information content (AvgIpc) is 3.32. The third-order valence-electron chi connectivity index (χ3n) is 4.57. The van der Waals surface area contributed by atoms with Gasteiger partial charge in [0.05, 0.1) is 22.8 Å². The van der Waals surface area contributed by atoms with Gasteiger partial charge in [-0.15, -0.1) is 0 Å². The number of carbonyl (C=O) groups excluding carboxylic acids is 1. The highest BCUT2D eigenvalue weighted by atomic mass is 32.2. The number of hydrogen-bond donors (Lipinski definition) is 1. The largest absolute Gasteiger partial charge is 0.376 e. The minimum Gasteiger partial charge on any atom is -0.376 e. The fourth-order valence-electron chi connectivity index (χ4n) is 3.10. The standard InChI is InChI=1S/C18H21N3O3S/c22-16(19-10-13-4-3-9-24-13)11-25-18-20-15-6-2-1-5-14(15)17(23)21(18)12-7-8-12/h1-2,5-6,12-13H,3-4,7-11H2,(H,19,22). The molecule has 1 aromatic carbocycles. The zero-order valence-electron chi connectivity index (χ0n) is 13.9. The summed E-state index contributed by atoms with van der Waals surface area (Å²) in [5, 5.41) is 4.19. The SMILES string of the molecule is O=C(CSc1nc2ccccc2c(=O)n1C1CC1)NCC1CCCO1. The Bertz CT molecular complexity index is 841. The number of benzene rings is 1. The van der Waals surface area contributed by atoms with E-state index in [4.69, 9.17) is 4.74 Å². The monoisotopic (exact) mass is 359 g/mol. The molecule has 1 saturated heterocycles. The fraction of sp³-hybridized carbons (Fsp3) is 0.500.